The molecule has 0 unspecified atom stereocenters. The van der Waals surface area contributed by atoms with E-state index < -0.39 is 8.07 Å². The van der Waals surface area contributed by atoms with Crippen molar-refractivity contribution in [2.45, 2.75) is 0 Å². The summed E-state index contributed by atoms with van der Waals surface area (Å²) < 4.78 is 8.32. The normalized spacial score (nSPS) is 12.4. The van der Waals surface area contributed by atoms with Crippen molar-refractivity contribution in [2.75, 3.05) is 0 Å². The minimum atomic E-state index is -2.73. The van der Waals surface area contributed by atoms with Crippen molar-refractivity contribution in [3.63, 3.8) is 0 Å². The van der Waals surface area contributed by atoms with Gasteiger partial charge < -0.3 is 0 Å². The Morgan fingerprint density at radius 1 is 0.311 bits per heavy atom. The fraction of sp³-hybridized carbons (Fsp3) is 0. The fourth-order valence-electron chi connectivity index (χ4n) is 7.37. The predicted octanol–water partition coefficient (Wildman–Crippen LogP) is 10.2. The topological polar surface area (TPSA) is 0 Å². The molecule has 0 spiro atoms. The van der Waals surface area contributed by atoms with Crippen molar-refractivity contribution in [1.29, 1.82) is 0 Å². The van der Waals surface area contributed by atoms with Gasteiger partial charge in [-0.3, -0.25) is 0 Å². The average molecular weight is 661 g/mol. The maximum Gasteiger partial charge on any atom is 0.179 e. The van der Waals surface area contributed by atoms with E-state index in [9.17, 15) is 0 Å². The fourth-order valence-corrected chi connectivity index (χ4v) is 17.3. The van der Waals surface area contributed by atoms with Gasteiger partial charge in [-0.1, -0.05) is 121 Å². The predicted molar refractivity (Wildman–Crippen MR) is 207 cm³/mol. The molecule has 0 amide bonds. The highest BCUT2D eigenvalue weighted by atomic mass is 32.2. The monoisotopic (exact) mass is 660 g/mol. The lowest BCUT2D eigenvalue weighted by Gasteiger charge is -2.34. The number of fused-ring (bicyclic) bond motifs is 10. The van der Waals surface area contributed by atoms with E-state index in [4.69, 9.17) is 0 Å². The molecule has 0 aliphatic heterocycles. The van der Waals surface area contributed by atoms with Crippen LogP contribution in [-0.2, 0) is 0 Å². The molecule has 5 heteroatoms. The molecule has 10 rings (SSSR count). The van der Waals surface area contributed by atoms with Crippen LogP contribution in [0, 0.1) is 0 Å². The molecule has 0 bridgehead atoms. The van der Waals surface area contributed by atoms with E-state index in [0.29, 0.717) is 0 Å². The first-order valence-electron chi connectivity index (χ1n) is 15.1. The summed E-state index contributed by atoms with van der Waals surface area (Å²) in [7, 11) is -2.73. The molecule has 4 heterocycles. The van der Waals surface area contributed by atoms with E-state index in [-0.39, 0.29) is 0 Å². The number of thiophene rings is 4. The molecule has 0 N–H and O–H groups in total. The molecule has 0 saturated carbocycles. The van der Waals surface area contributed by atoms with Crippen molar-refractivity contribution in [3.05, 3.63) is 146 Å². The van der Waals surface area contributed by atoms with Gasteiger partial charge in [-0.25, -0.2) is 0 Å². The molecule has 0 radical (unpaired) electrons. The van der Waals surface area contributed by atoms with Crippen LogP contribution in [0.4, 0.5) is 0 Å². The van der Waals surface area contributed by atoms with Gasteiger partial charge in [-0.05, 0) is 45.0 Å². The first kappa shape index (κ1) is 26.1. The molecule has 4 aromatic heterocycles. The molecule has 10 aromatic rings. The van der Waals surface area contributed by atoms with E-state index in [1.54, 1.807) is 0 Å². The van der Waals surface area contributed by atoms with Gasteiger partial charge in [0.1, 0.15) is 0 Å². The van der Waals surface area contributed by atoms with Crippen LogP contribution in [0.3, 0.4) is 0 Å². The van der Waals surface area contributed by atoms with Gasteiger partial charge in [0, 0.05) is 51.1 Å². The summed E-state index contributed by atoms with van der Waals surface area (Å²) in [6.45, 7) is 0. The van der Waals surface area contributed by atoms with Crippen LogP contribution < -0.4 is 20.7 Å². The molecule has 45 heavy (non-hydrogen) atoms. The third-order valence-corrected chi connectivity index (χ3v) is 18.9. The molecule has 212 valence electrons. The van der Waals surface area contributed by atoms with Gasteiger partial charge in [0.2, 0.25) is 0 Å². The zero-order valence-corrected chi connectivity index (χ0v) is 28.3. The second-order valence-electron chi connectivity index (χ2n) is 11.6. The Kier molecular flexibility index (Phi) is 5.78. The van der Waals surface area contributed by atoms with Gasteiger partial charge in [0.15, 0.2) is 8.07 Å². The average Bonchev–Trinajstić information content (AvgIpc) is 3.83. The van der Waals surface area contributed by atoms with E-state index in [0.717, 1.165) is 0 Å². The van der Waals surface area contributed by atoms with Crippen molar-refractivity contribution < 1.29 is 0 Å². The second-order valence-corrected chi connectivity index (χ2v) is 20.2. The summed E-state index contributed by atoms with van der Waals surface area (Å²) >= 11 is 7.73. The lowest BCUT2D eigenvalue weighted by atomic mass is 10.1. The third kappa shape index (κ3) is 3.73. The number of hydrogen-bond donors (Lipinski definition) is 0. The van der Waals surface area contributed by atoms with Crippen LogP contribution >= 0.6 is 45.3 Å². The van der Waals surface area contributed by atoms with Crippen LogP contribution in [0.1, 0.15) is 0 Å². The second kappa shape index (κ2) is 9.95. The van der Waals surface area contributed by atoms with Crippen LogP contribution in [-0.4, -0.2) is 8.07 Å². The third-order valence-electron chi connectivity index (χ3n) is 9.31. The maximum absolute atomic E-state index is 2.73. The largest absolute Gasteiger partial charge is 0.179 e. The number of rotatable bonds is 4. The van der Waals surface area contributed by atoms with Crippen molar-refractivity contribution >= 4 is 133 Å². The molecule has 0 saturated heterocycles. The highest BCUT2D eigenvalue weighted by Gasteiger charge is 2.42. The Bertz CT molecular complexity index is 2520. The molecule has 0 aliphatic rings. The summed E-state index contributed by atoms with van der Waals surface area (Å²) in [6.07, 6.45) is 0. The minimum absolute atomic E-state index is 1.37. The Morgan fingerprint density at radius 2 is 0.689 bits per heavy atom. The molecule has 0 nitrogen and oxygen atoms in total. The summed E-state index contributed by atoms with van der Waals surface area (Å²) in [5.41, 5.74) is 0. The molecular formula is C40H24S4Si. The van der Waals surface area contributed by atoms with Crippen LogP contribution in [0.15, 0.2) is 146 Å². The first-order valence-corrected chi connectivity index (χ1v) is 20.4. The van der Waals surface area contributed by atoms with Crippen molar-refractivity contribution in [2.24, 2.45) is 0 Å². The maximum atomic E-state index is 2.56. The van der Waals surface area contributed by atoms with Crippen molar-refractivity contribution in [1.82, 2.24) is 0 Å². The van der Waals surface area contributed by atoms with Crippen LogP contribution in [0.25, 0.3) is 59.1 Å². The minimum Gasteiger partial charge on any atom is -0.124 e. The van der Waals surface area contributed by atoms with Gasteiger partial charge >= 0.3 is 0 Å². The van der Waals surface area contributed by atoms with Crippen LogP contribution in [0.5, 0.6) is 0 Å². The van der Waals surface area contributed by atoms with Gasteiger partial charge in [-0.15, -0.1) is 45.3 Å². The van der Waals surface area contributed by atoms with Gasteiger partial charge in [0.05, 0.1) is 8.03 Å². The molecule has 0 aliphatic carbocycles. The highest BCUT2D eigenvalue weighted by molar-refractivity contribution is 7.45. The molecular weight excluding hydrogens is 637 g/mol. The summed E-state index contributed by atoms with van der Waals surface area (Å²) in [4.78, 5) is 0. The lowest BCUT2D eigenvalue weighted by Crippen LogP contribution is -2.74. The Hall–Kier alpha value is -4.10. The van der Waals surface area contributed by atoms with Crippen LogP contribution in [0.2, 0.25) is 0 Å². The summed E-state index contributed by atoms with van der Waals surface area (Å²) in [5, 5.41) is 14.1. The summed E-state index contributed by atoms with van der Waals surface area (Å²) in [5.74, 6) is 0. The zero-order chi connectivity index (χ0) is 29.5. The van der Waals surface area contributed by atoms with E-state index in [1.165, 1.54) is 79.9 Å². The smallest absolute Gasteiger partial charge is 0.124 e. The molecule has 0 fully saturated rings. The highest BCUT2D eigenvalue weighted by Crippen LogP contribution is 2.45. The number of hydrogen-bond acceptors (Lipinski definition) is 4. The molecule has 6 aromatic carbocycles. The quantitative estimate of drug-likeness (QED) is 0.130. The van der Waals surface area contributed by atoms with Gasteiger partial charge in [0.25, 0.3) is 0 Å². The van der Waals surface area contributed by atoms with E-state index in [1.807, 2.05) is 45.3 Å². The summed E-state index contributed by atoms with van der Waals surface area (Å²) in [6, 6.07) is 55.3. The van der Waals surface area contributed by atoms with Crippen molar-refractivity contribution in [3.8, 4) is 0 Å². The number of benzene rings is 6. The Balaban J connectivity index is 1.35. The lowest BCUT2D eigenvalue weighted by molar-refractivity contribution is 1.69. The SMILES string of the molecule is c1ccc([Si](c2ccccc2)(c2ccc3sc4sc5ccccc5c4c3c2)c2ccc3sc4sc5ccccc5c4c3c2)cc1. The first-order chi connectivity index (χ1) is 22.3. The van der Waals surface area contributed by atoms with E-state index >= 15 is 0 Å². The Morgan fingerprint density at radius 3 is 1.13 bits per heavy atom. The van der Waals surface area contributed by atoms with Gasteiger partial charge in [-0.2, -0.15) is 0 Å². The standard InChI is InChI=1S/C40H24S4Si/c1-3-11-25(12-4-1)45(26-13-5-2-6-14-26,27-19-21-35-31(23-27)37-29-15-7-9-17-33(29)41-39(37)43-35)28-20-22-36-32(24-28)38-30-16-8-10-18-34(30)42-40(38)44-36/h1-24H. The molecule has 0 atom stereocenters. The van der Waals surface area contributed by atoms with E-state index in [2.05, 4.69) is 146 Å². The Labute approximate surface area is 277 Å². The zero-order valence-electron chi connectivity index (χ0n) is 24.0.